The fourth-order valence-electron chi connectivity index (χ4n) is 1.54. The van der Waals surface area contributed by atoms with E-state index in [1.54, 1.807) is 7.11 Å². The number of methoxy groups -OCH3 is 1. The second-order valence-corrected chi connectivity index (χ2v) is 3.41. The molecule has 0 spiro atoms. The van der Waals surface area contributed by atoms with Crippen molar-refractivity contribution in [3.63, 3.8) is 0 Å². The first-order chi connectivity index (χ1) is 7.33. The summed E-state index contributed by atoms with van der Waals surface area (Å²) in [6.07, 6.45) is 3.02. The minimum Gasteiger partial charge on any atom is -0.496 e. The second kappa shape index (κ2) is 6.25. The van der Waals surface area contributed by atoms with Crippen LogP contribution in [0.2, 0.25) is 0 Å². The standard InChI is InChI=1S/C13H19NO/c1-4-10-14-12(5-2)11-8-6-7-9-13(11)15-3/h5-9,12,14H,2,4,10H2,1,3H3. The molecule has 1 unspecified atom stereocenters. The van der Waals surface area contributed by atoms with Crippen LogP contribution in [0, 0.1) is 0 Å². The van der Waals surface area contributed by atoms with Crippen LogP contribution in [0.3, 0.4) is 0 Å². The molecule has 0 saturated carbocycles. The van der Waals surface area contributed by atoms with Gasteiger partial charge in [0.2, 0.25) is 0 Å². The molecule has 0 bridgehead atoms. The maximum absolute atomic E-state index is 5.32. The first-order valence-electron chi connectivity index (χ1n) is 5.32. The van der Waals surface area contributed by atoms with E-state index in [0.717, 1.165) is 24.3 Å². The third kappa shape index (κ3) is 3.10. The van der Waals surface area contributed by atoms with Crippen LogP contribution < -0.4 is 10.1 Å². The van der Waals surface area contributed by atoms with Gasteiger partial charge in [-0.05, 0) is 19.0 Å². The van der Waals surface area contributed by atoms with E-state index in [-0.39, 0.29) is 6.04 Å². The lowest BCUT2D eigenvalue weighted by molar-refractivity contribution is 0.404. The van der Waals surface area contributed by atoms with Gasteiger partial charge in [-0.2, -0.15) is 0 Å². The van der Waals surface area contributed by atoms with Gasteiger partial charge in [-0.1, -0.05) is 31.2 Å². The Morgan fingerprint density at radius 2 is 2.20 bits per heavy atom. The number of nitrogens with one attached hydrogen (secondary N) is 1. The Balaban J connectivity index is 2.85. The van der Waals surface area contributed by atoms with Gasteiger partial charge in [-0.25, -0.2) is 0 Å². The van der Waals surface area contributed by atoms with Crippen LogP contribution >= 0.6 is 0 Å². The van der Waals surface area contributed by atoms with Crippen LogP contribution in [0.1, 0.15) is 24.9 Å². The zero-order valence-electron chi connectivity index (χ0n) is 9.49. The summed E-state index contributed by atoms with van der Waals surface area (Å²) in [5.41, 5.74) is 1.14. The summed E-state index contributed by atoms with van der Waals surface area (Å²) in [5.74, 6) is 0.908. The van der Waals surface area contributed by atoms with Gasteiger partial charge < -0.3 is 10.1 Å². The van der Waals surface area contributed by atoms with Crippen LogP contribution in [0.25, 0.3) is 0 Å². The first-order valence-corrected chi connectivity index (χ1v) is 5.32. The molecule has 2 nitrogen and oxygen atoms in total. The van der Waals surface area contributed by atoms with E-state index in [0.29, 0.717) is 0 Å². The Morgan fingerprint density at radius 1 is 1.47 bits per heavy atom. The van der Waals surface area contributed by atoms with Crippen molar-refractivity contribution in [2.75, 3.05) is 13.7 Å². The van der Waals surface area contributed by atoms with Crippen molar-refractivity contribution in [3.8, 4) is 5.75 Å². The molecule has 0 aliphatic heterocycles. The molecule has 1 rings (SSSR count). The summed E-state index contributed by atoms with van der Waals surface area (Å²) >= 11 is 0. The van der Waals surface area contributed by atoms with Crippen LogP contribution in [0.15, 0.2) is 36.9 Å². The molecule has 0 aliphatic rings. The number of benzene rings is 1. The van der Waals surface area contributed by atoms with Gasteiger partial charge >= 0.3 is 0 Å². The number of para-hydroxylation sites is 1. The van der Waals surface area contributed by atoms with Gasteiger partial charge in [0, 0.05) is 5.56 Å². The van der Waals surface area contributed by atoms with Crippen LogP contribution in [-0.2, 0) is 0 Å². The van der Waals surface area contributed by atoms with E-state index in [4.69, 9.17) is 4.74 Å². The van der Waals surface area contributed by atoms with Crippen molar-refractivity contribution in [2.24, 2.45) is 0 Å². The maximum atomic E-state index is 5.32. The van der Waals surface area contributed by atoms with E-state index in [1.807, 2.05) is 24.3 Å². The molecule has 0 saturated heterocycles. The van der Waals surface area contributed by atoms with E-state index in [1.165, 1.54) is 0 Å². The number of ether oxygens (including phenoxy) is 1. The predicted molar refractivity (Wildman–Crippen MR) is 64.2 cm³/mol. The Bertz CT molecular complexity index is 309. The fourth-order valence-corrected chi connectivity index (χ4v) is 1.54. The van der Waals surface area contributed by atoms with Crippen LogP contribution in [0.5, 0.6) is 5.75 Å². The molecule has 0 radical (unpaired) electrons. The summed E-state index contributed by atoms with van der Waals surface area (Å²) in [7, 11) is 1.69. The molecule has 0 amide bonds. The smallest absolute Gasteiger partial charge is 0.123 e. The summed E-state index contributed by atoms with van der Waals surface area (Å²) in [5, 5.41) is 3.41. The quantitative estimate of drug-likeness (QED) is 0.721. The molecular weight excluding hydrogens is 186 g/mol. The number of rotatable bonds is 6. The molecule has 0 aromatic heterocycles. The SMILES string of the molecule is C=CC(NCCC)c1ccccc1OC. The zero-order valence-corrected chi connectivity index (χ0v) is 9.49. The number of hydrogen-bond donors (Lipinski definition) is 1. The zero-order chi connectivity index (χ0) is 11.1. The summed E-state index contributed by atoms with van der Waals surface area (Å²) < 4.78 is 5.32. The van der Waals surface area contributed by atoms with Crippen molar-refractivity contribution >= 4 is 0 Å². The second-order valence-electron chi connectivity index (χ2n) is 3.41. The van der Waals surface area contributed by atoms with Gasteiger partial charge in [0.25, 0.3) is 0 Å². The predicted octanol–water partition coefficient (Wildman–Crippen LogP) is 2.92. The molecule has 82 valence electrons. The molecule has 1 aromatic carbocycles. The third-order valence-corrected chi connectivity index (χ3v) is 2.32. The van der Waals surface area contributed by atoms with Crippen LogP contribution in [-0.4, -0.2) is 13.7 Å². The lowest BCUT2D eigenvalue weighted by atomic mass is 10.1. The number of hydrogen-bond acceptors (Lipinski definition) is 2. The third-order valence-electron chi connectivity index (χ3n) is 2.32. The average molecular weight is 205 g/mol. The molecule has 1 atom stereocenters. The summed E-state index contributed by atoms with van der Waals surface area (Å²) in [6.45, 7) is 6.98. The molecule has 15 heavy (non-hydrogen) atoms. The molecule has 1 aromatic rings. The van der Waals surface area contributed by atoms with E-state index in [2.05, 4.69) is 24.9 Å². The van der Waals surface area contributed by atoms with Crippen molar-refractivity contribution in [2.45, 2.75) is 19.4 Å². The van der Waals surface area contributed by atoms with Gasteiger partial charge in [0.15, 0.2) is 0 Å². The summed E-state index contributed by atoms with van der Waals surface area (Å²) in [6, 6.07) is 8.19. The lowest BCUT2D eigenvalue weighted by Crippen LogP contribution is -2.20. The Kier molecular flexibility index (Phi) is 4.91. The summed E-state index contributed by atoms with van der Waals surface area (Å²) in [4.78, 5) is 0. The fraction of sp³-hybridized carbons (Fsp3) is 0.385. The molecule has 0 aliphatic carbocycles. The van der Waals surface area contributed by atoms with Gasteiger partial charge in [-0.15, -0.1) is 6.58 Å². The normalized spacial score (nSPS) is 12.1. The molecular formula is C13H19NO. The maximum Gasteiger partial charge on any atom is 0.123 e. The monoisotopic (exact) mass is 205 g/mol. The molecule has 2 heteroatoms. The minimum absolute atomic E-state index is 0.168. The van der Waals surface area contributed by atoms with E-state index in [9.17, 15) is 0 Å². The average Bonchev–Trinajstić information content (AvgIpc) is 2.30. The first kappa shape index (κ1) is 11.8. The van der Waals surface area contributed by atoms with Crippen LogP contribution in [0.4, 0.5) is 0 Å². The van der Waals surface area contributed by atoms with Gasteiger partial charge in [0.1, 0.15) is 5.75 Å². The highest BCUT2D eigenvalue weighted by Crippen LogP contribution is 2.25. The van der Waals surface area contributed by atoms with E-state index < -0.39 is 0 Å². The Labute approximate surface area is 92.0 Å². The Morgan fingerprint density at radius 3 is 2.80 bits per heavy atom. The largest absolute Gasteiger partial charge is 0.496 e. The highest BCUT2D eigenvalue weighted by Gasteiger charge is 2.10. The Hall–Kier alpha value is -1.28. The highest BCUT2D eigenvalue weighted by atomic mass is 16.5. The van der Waals surface area contributed by atoms with Crippen molar-refractivity contribution in [1.29, 1.82) is 0 Å². The lowest BCUT2D eigenvalue weighted by Gasteiger charge is -2.17. The van der Waals surface area contributed by atoms with E-state index >= 15 is 0 Å². The molecule has 0 fully saturated rings. The molecule has 1 N–H and O–H groups in total. The minimum atomic E-state index is 0.168. The molecule has 0 heterocycles. The van der Waals surface area contributed by atoms with Crippen molar-refractivity contribution in [1.82, 2.24) is 5.32 Å². The highest BCUT2D eigenvalue weighted by molar-refractivity contribution is 5.37. The van der Waals surface area contributed by atoms with Gasteiger partial charge in [0.05, 0.1) is 13.2 Å². The van der Waals surface area contributed by atoms with Crippen molar-refractivity contribution in [3.05, 3.63) is 42.5 Å². The van der Waals surface area contributed by atoms with Gasteiger partial charge in [-0.3, -0.25) is 0 Å². The topological polar surface area (TPSA) is 21.3 Å². The van der Waals surface area contributed by atoms with Crippen molar-refractivity contribution < 1.29 is 4.74 Å².